The second-order valence-electron chi connectivity index (χ2n) is 3.19. The highest BCUT2D eigenvalue weighted by atomic mass is 32.1. The molecule has 0 bridgehead atoms. The van der Waals surface area contributed by atoms with Crippen LogP contribution >= 0.6 is 11.3 Å². The first kappa shape index (κ1) is 10.3. The Bertz CT molecular complexity index is 453. The van der Waals surface area contributed by atoms with E-state index in [1.54, 1.807) is 18.3 Å². The molecule has 78 valence electrons. The molecule has 2 rings (SSSR count). The lowest BCUT2D eigenvalue weighted by Crippen LogP contribution is -1.91. The standard InChI is InChI=1S/C11H11FN2S/c12-10-4-2-1-3-8(10)5-11-14-7-9(6-13)15-11/h1-4,7H,5-6,13H2. The molecule has 0 amide bonds. The lowest BCUT2D eigenvalue weighted by atomic mass is 10.1. The van der Waals surface area contributed by atoms with E-state index in [1.165, 1.54) is 17.4 Å². The average molecular weight is 222 g/mol. The van der Waals surface area contributed by atoms with Crippen molar-refractivity contribution in [1.82, 2.24) is 4.98 Å². The topological polar surface area (TPSA) is 38.9 Å². The van der Waals surface area contributed by atoms with Gasteiger partial charge in [-0.2, -0.15) is 0 Å². The summed E-state index contributed by atoms with van der Waals surface area (Å²) in [6, 6.07) is 6.76. The molecule has 0 saturated carbocycles. The minimum Gasteiger partial charge on any atom is -0.326 e. The summed E-state index contributed by atoms with van der Waals surface area (Å²) in [5, 5.41) is 0.903. The molecule has 0 fully saturated rings. The van der Waals surface area contributed by atoms with Gasteiger partial charge in [-0.25, -0.2) is 9.37 Å². The normalized spacial score (nSPS) is 10.5. The van der Waals surface area contributed by atoms with Crippen LogP contribution in [0.5, 0.6) is 0 Å². The molecule has 0 saturated heterocycles. The molecule has 2 nitrogen and oxygen atoms in total. The van der Waals surface area contributed by atoms with Crippen LogP contribution in [0, 0.1) is 5.82 Å². The molecule has 0 radical (unpaired) electrons. The Morgan fingerprint density at radius 3 is 2.80 bits per heavy atom. The van der Waals surface area contributed by atoms with E-state index in [0.717, 1.165) is 9.88 Å². The van der Waals surface area contributed by atoms with Crippen LogP contribution < -0.4 is 5.73 Å². The van der Waals surface area contributed by atoms with Gasteiger partial charge in [0.2, 0.25) is 0 Å². The van der Waals surface area contributed by atoms with Crippen molar-refractivity contribution in [2.45, 2.75) is 13.0 Å². The molecule has 1 aromatic heterocycles. The largest absolute Gasteiger partial charge is 0.326 e. The third kappa shape index (κ3) is 2.40. The maximum absolute atomic E-state index is 13.3. The highest BCUT2D eigenvalue weighted by Crippen LogP contribution is 2.17. The fourth-order valence-corrected chi connectivity index (χ4v) is 2.15. The first-order chi connectivity index (χ1) is 7.29. The van der Waals surface area contributed by atoms with E-state index < -0.39 is 0 Å². The number of hydrogen-bond donors (Lipinski definition) is 1. The molecule has 1 aromatic carbocycles. The summed E-state index contributed by atoms with van der Waals surface area (Å²) in [6.07, 6.45) is 2.29. The van der Waals surface area contributed by atoms with Gasteiger partial charge in [-0.1, -0.05) is 18.2 Å². The maximum Gasteiger partial charge on any atom is 0.126 e. The van der Waals surface area contributed by atoms with Crippen molar-refractivity contribution in [2.75, 3.05) is 0 Å². The van der Waals surface area contributed by atoms with Gasteiger partial charge in [0.15, 0.2) is 0 Å². The average Bonchev–Trinajstić information content (AvgIpc) is 2.69. The van der Waals surface area contributed by atoms with Crippen molar-refractivity contribution < 1.29 is 4.39 Å². The zero-order valence-corrected chi connectivity index (χ0v) is 8.93. The highest BCUT2D eigenvalue weighted by molar-refractivity contribution is 7.11. The van der Waals surface area contributed by atoms with Gasteiger partial charge in [0.05, 0.1) is 5.01 Å². The first-order valence-electron chi connectivity index (χ1n) is 4.66. The molecule has 2 N–H and O–H groups in total. The number of halogens is 1. The number of nitrogens with two attached hydrogens (primary N) is 1. The van der Waals surface area contributed by atoms with E-state index in [1.807, 2.05) is 6.07 Å². The van der Waals surface area contributed by atoms with Crippen molar-refractivity contribution in [3.8, 4) is 0 Å². The Morgan fingerprint density at radius 2 is 2.13 bits per heavy atom. The van der Waals surface area contributed by atoms with Gasteiger partial charge in [0.25, 0.3) is 0 Å². The van der Waals surface area contributed by atoms with Crippen molar-refractivity contribution in [3.63, 3.8) is 0 Å². The molecule has 0 atom stereocenters. The smallest absolute Gasteiger partial charge is 0.126 e. The lowest BCUT2D eigenvalue weighted by molar-refractivity contribution is 0.614. The number of aromatic nitrogens is 1. The molecular weight excluding hydrogens is 211 g/mol. The van der Waals surface area contributed by atoms with E-state index in [2.05, 4.69) is 4.98 Å². The van der Waals surface area contributed by atoms with E-state index >= 15 is 0 Å². The van der Waals surface area contributed by atoms with Crippen LogP contribution in [-0.4, -0.2) is 4.98 Å². The second-order valence-corrected chi connectivity index (χ2v) is 4.39. The van der Waals surface area contributed by atoms with Crippen molar-refractivity contribution in [3.05, 3.63) is 51.7 Å². The van der Waals surface area contributed by atoms with Crippen LogP contribution in [0.3, 0.4) is 0 Å². The van der Waals surface area contributed by atoms with Crippen LogP contribution in [0.4, 0.5) is 4.39 Å². The SMILES string of the molecule is NCc1cnc(Cc2ccccc2F)s1. The second kappa shape index (κ2) is 4.51. The minimum absolute atomic E-state index is 0.179. The van der Waals surface area contributed by atoms with Gasteiger partial charge in [0.1, 0.15) is 5.82 Å². The zero-order chi connectivity index (χ0) is 10.7. The predicted molar refractivity (Wildman–Crippen MR) is 59.2 cm³/mol. The summed E-state index contributed by atoms with van der Waals surface area (Å²) in [7, 11) is 0. The van der Waals surface area contributed by atoms with Gasteiger partial charge >= 0.3 is 0 Å². The van der Waals surface area contributed by atoms with Crippen molar-refractivity contribution >= 4 is 11.3 Å². The van der Waals surface area contributed by atoms with Crippen LogP contribution in [0.15, 0.2) is 30.5 Å². The molecule has 0 unspecified atom stereocenters. The number of benzene rings is 1. The molecule has 4 heteroatoms. The van der Waals surface area contributed by atoms with E-state index in [0.29, 0.717) is 18.5 Å². The zero-order valence-electron chi connectivity index (χ0n) is 8.11. The van der Waals surface area contributed by atoms with Crippen molar-refractivity contribution in [1.29, 1.82) is 0 Å². The van der Waals surface area contributed by atoms with Crippen LogP contribution in [0.2, 0.25) is 0 Å². The molecule has 0 aliphatic carbocycles. The van der Waals surface area contributed by atoms with Crippen LogP contribution in [-0.2, 0) is 13.0 Å². The van der Waals surface area contributed by atoms with Crippen LogP contribution in [0.1, 0.15) is 15.4 Å². The van der Waals surface area contributed by atoms with Crippen LogP contribution in [0.25, 0.3) is 0 Å². The van der Waals surface area contributed by atoms with Gasteiger partial charge in [0, 0.05) is 24.0 Å². The third-order valence-electron chi connectivity index (χ3n) is 2.10. The van der Waals surface area contributed by atoms with E-state index in [-0.39, 0.29) is 5.82 Å². The first-order valence-corrected chi connectivity index (χ1v) is 5.48. The summed E-state index contributed by atoms with van der Waals surface area (Å²) >= 11 is 1.53. The quantitative estimate of drug-likeness (QED) is 0.865. The molecule has 1 heterocycles. The monoisotopic (exact) mass is 222 g/mol. The summed E-state index contributed by atoms with van der Waals surface area (Å²) in [5.41, 5.74) is 6.16. The molecule has 0 spiro atoms. The maximum atomic E-state index is 13.3. The number of thiazole rings is 1. The number of nitrogens with zero attached hydrogens (tertiary/aromatic N) is 1. The fraction of sp³-hybridized carbons (Fsp3) is 0.182. The minimum atomic E-state index is -0.179. The molecule has 0 aliphatic rings. The summed E-state index contributed by atoms with van der Waals surface area (Å²) in [6.45, 7) is 0.495. The van der Waals surface area contributed by atoms with E-state index in [4.69, 9.17) is 5.73 Å². The van der Waals surface area contributed by atoms with E-state index in [9.17, 15) is 4.39 Å². The lowest BCUT2D eigenvalue weighted by Gasteiger charge is -1.98. The highest BCUT2D eigenvalue weighted by Gasteiger charge is 2.05. The molecule has 2 aromatic rings. The van der Waals surface area contributed by atoms with Gasteiger partial charge in [-0.15, -0.1) is 11.3 Å². The summed E-state index contributed by atoms with van der Waals surface area (Å²) < 4.78 is 13.3. The summed E-state index contributed by atoms with van der Waals surface area (Å²) in [5.74, 6) is -0.179. The molecule has 0 aliphatic heterocycles. The summed E-state index contributed by atoms with van der Waals surface area (Å²) in [4.78, 5) is 5.22. The Balaban J connectivity index is 2.18. The number of rotatable bonds is 3. The Kier molecular flexibility index (Phi) is 3.08. The predicted octanol–water partition coefficient (Wildman–Crippen LogP) is 2.33. The Hall–Kier alpha value is -1.26. The Morgan fingerprint density at radius 1 is 1.33 bits per heavy atom. The van der Waals surface area contributed by atoms with Gasteiger partial charge in [-0.05, 0) is 11.6 Å². The van der Waals surface area contributed by atoms with Crippen molar-refractivity contribution in [2.24, 2.45) is 5.73 Å². The Labute approximate surface area is 91.6 Å². The van der Waals surface area contributed by atoms with Gasteiger partial charge in [-0.3, -0.25) is 0 Å². The number of hydrogen-bond acceptors (Lipinski definition) is 3. The fourth-order valence-electron chi connectivity index (χ4n) is 1.33. The molecule has 15 heavy (non-hydrogen) atoms. The van der Waals surface area contributed by atoms with Gasteiger partial charge < -0.3 is 5.73 Å². The third-order valence-corrected chi connectivity index (χ3v) is 3.12. The molecular formula is C11H11FN2S.